The highest BCUT2D eigenvalue weighted by Gasteiger charge is 2.43. The van der Waals surface area contributed by atoms with Crippen molar-refractivity contribution in [1.82, 2.24) is 0 Å². The Morgan fingerprint density at radius 2 is 0.640 bits per heavy atom. The molecule has 8 aromatic rings. The Hall–Kier alpha value is -5.75. The van der Waals surface area contributed by atoms with Gasteiger partial charge in [0.1, 0.15) is 106 Å². The molecule has 8 aromatic heterocycles. The van der Waals surface area contributed by atoms with Crippen LogP contribution in [0, 0.1) is 0 Å². The smallest absolute Gasteiger partial charge is 0.193 e. The van der Waals surface area contributed by atoms with Crippen molar-refractivity contribution in [2.45, 2.75) is 19.3 Å². The Bertz CT molecular complexity index is 4100. The second-order valence-electron chi connectivity index (χ2n) is 20.2. The van der Waals surface area contributed by atoms with Crippen molar-refractivity contribution in [3.05, 3.63) is 28.0 Å². The van der Waals surface area contributed by atoms with E-state index in [-0.39, 0.29) is 5.12 Å². The molecule has 16 heterocycles. The maximum Gasteiger partial charge on any atom is 0.193 e. The highest BCUT2D eigenvalue weighted by Crippen LogP contribution is 2.70. The fraction of sp³-hybridized carbons (Fsp3) is 0.373. The Labute approximate surface area is 532 Å². The van der Waals surface area contributed by atoms with E-state index in [2.05, 4.69) is 18.4 Å². The molecule has 0 N–H and O–H groups in total. The summed E-state index contributed by atoms with van der Waals surface area (Å²) >= 11 is 15.8. The maximum absolute atomic E-state index is 13.0. The van der Waals surface area contributed by atoms with Gasteiger partial charge in [-0.25, -0.2) is 0 Å². The molecule has 0 fully saturated rings. The number of thioether (sulfide) groups is 2. The van der Waals surface area contributed by atoms with Crippen LogP contribution < -0.4 is 75.8 Å². The van der Waals surface area contributed by atoms with E-state index in [1.54, 1.807) is 102 Å². The standard InChI is InChI=1S/C59H48O17S10/c1-77-21-2-22-78-29(60)24-26-3-4-27(23-26)45-31-32(64-8-7-63-31)48(80-45)49-35-36(68-12-11-67-35)52(82-49)53-39-40(72-16-15-71-39)56(84-53)57-43-44(76-20-19-75-43)59(86-57)58-42-41(73-17-18-74-42)55(85-58)54-38-37(69-13-14-70-38)51(83-54)50-34-33(65-9-10-66-34)47(81-50)46-30-28(25-79-46)61-5-6-62-30/h3,23,25H,2,4-22,24H2,1H3. The molecule has 17 nitrogen and oxygen atoms in total. The molecule has 27 heteroatoms. The lowest BCUT2D eigenvalue weighted by Crippen LogP contribution is -2.16. The topological polar surface area (TPSA) is 165 Å². The van der Waals surface area contributed by atoms with Gasteiger partial charge in [0.15, 0.2) is 97.1 Å². The highest BCUT2D eigenvalue weighted by atomic mass is 32.2. The number of fused-ring (bicyclic) bond motifs is 8. The Kier molecular flexibility index (Phi) is 14.4. The summed E-state index contributed by atoms with van der Waals surface area (Å²) in [7, 11) is 0. The van der Waals surface area contributed by atoms with Crippen LogP contribution in [0.15, 0.2) is 23.1 Å². The lowest BCUT2D eigenvalue weighted by atomic mass is 10.1. The molecule has 0 spiro atoms. The maximum atomic E-state index is 13.0. The van der Waals surface area contributed by atoms with Gasteiger partial charge in [-0.3, -0.25) is 4.79 Å². The molecule has 86 heavy (non-hydrogen) atoms. The molecule has 0 amide bonds. The van der Waals surface area contributed by atoms with Gasteiger partial charge >= 0.3 is 0 Å². The van der Waals surface area contributed by atoms with Crippen LogP contribution in [-0.4, -0.2) is 129 Å². The lowest BCUT2D eigenvalue weighted by Gasteiger charge is -2.20. The van der Waals surface area contributed by atoms with Crippen LogP contribution in [0.2, 0.25) is 0 Å². The summed E-state index contributed by atoms with van der Waals surface area (Å²) in [6.45, 7) is 6.34. The second-order valence-corrected chi connectivity index (χ2v) is 30.3. The van der Waals surface area contributed by atoms with Crippen molar-refractivity contribution in [2.24, 2.45) is 0 Å². The first kappa shape index (κ1) is 54.4. The number of rotatable bonds is 14. The Morgan fingerprint density at radius 3 is 0.965 bits per heavy atom. The molecule has 0 atom stereocenters. The van der Waals surface area contributed by atoms with Crippen molar-refractivity contribution in [3.63, 3.8) is 0 Å². The largest absolute Gasteiger partial charge is 0.485 e. The number of carbonyl (C=O) groups excluding carboxylic acids is 1. The zero-order chi connectivity index (χ0) is 57.0. The van der Waals surface area contributed by atoms with Gasteiger partial charge in [-0.15, -0.1) is 90.7 Å². The average Bonchev–Trinajstić information content (AvgIpc) is 1.78. The number of carbonyl (C=O) groups is 1. The molecule has 0 aromatic carbocycles. The van der Waals surface area contributed by atoms with Crippen LogP contribution in [0.5, 0.6) is 92.0 Å². The second kappa shape index (κ2) is 22.7. The third-order valence-electron chi connectivity index (χ3n) is 14.9. The Morgan fingerprint density at radius 1 is 0.360 bits per heavy atom. The van der Waals surface area contributed by atoms with Gasteiger partial charge < -0.3 is 75.8 Å². The average molecular weight is 1350 g/mol. The summed E-state index contributed by atoms with van der Waals surface area (Å²) in [6.07, 6.45) is 8.51. The molecule has 0 unspecified atom stereocenters. The molecular formula is C59H48O17S10. The lowest BCUT2D eigenvalue weighted by molar-refractivity contribution is -0.110. The minimum Gasteiger partial charge on any atom is -0.485 e. The van der Waals surface area contributed by atoms with E-state index in [1.165, 1.54) is 11.8 Å². The zero-order valence-corrected chi connectivity index (χ0v) is 53.8. The van der Waals surface area contributed by atoms with Crippen LogP contribution in [0.1, 0.15) is 24.1 Å². The summed E-state index contributed by atoms with van der Waals surface area (Å²) in [6, 6.07) is 0. The van der Waals surface area contributed by atoms with Crippen LogP contribution in [-0.2, 0) is 4.79 Å². The molecule has 8 aliphatic heterocycles. The minimum absolute atomic E-state index is 0.191. The van der Waals surface area contributed by atoms with Gasteiger partial charge in [-0.1, -0.05) is 23.9 Å². The number of allylic oxidation sites excluding steroid dienone is 4. The molecule has 0 saturated heterocycles. The predicted octanol–water partition coefficient (Wildman–Crippen LogP) is 15.1. The van der Waals surface area contributed by atoms with Crippen LogP contribution in [0.3, 0.4) is 0 Å². The molecule has 9 aliphatic rings. The normalized spacial score (nSPS) is 17.4. The molecule has 446 valence electrons. The fourth-order valence-electron chi connectivity index (χ4n) is 11.3. The Balaban J connectivity index is 0.749. The van der Waals surface area contributed by atoms with E-state index >= 15 is 0 Å². The van der Waals surface area contributed by atoms with Gasteiger partial charge in [0.05, 0.1) is 73.2 Å². The van der Waals surface area contributed by atoms with E-state index in [4.69, 9.17) is 75.8 Å². The summed E-state index contributed by atoms with van der Waals surface area (Å²) in [5.74, 6) is 12.4. The van der Waals surface area contributed by atoms with Crippen LogP contribution in [0.4, 0.5) is 0 Å². The number of thiophene rings is 8. The summed E-state index contributed by atoms with van der Waals surface area (Å²) in [5, 5.41) is 2.18. The fourth-order valence-corrected chi connectivity index (χ4v) is 22.9. The zero-order valence-electron chi connectivity index (χ0n) is 45.6. The van der Waals surface area contributed by atoms with E-state index < -0.39 is 0 Å². The summed E-state index contributed by atoms with van der Waals surface area (Å²) < 4.78 is 104. The van der Waals surface area contributed by atoms with E-state index in [1.807, 2.05) is 5.38 Å². The van der Waals surface area contributed by atoms with Crippen LogP contribution in [0.25, 0.3) is 73.9 Å². The van der Waals surface area contributed by atoms with Crippen molar-refractivity contribution in [2.75, 3.05) is 123 Å². The number of hydrogen-bond acceptors (Lipinski definition) is 27. The molecular weight excluding hydrogens is 1300 g/mol. The summed E-state index contributed by atoms with van der Waals surface area (Å²) in [4.78, 5) is 26.1. The van der Waals surface area contributed by atoms with Gasteiger partial charge in [0.2, 0.25) is 0 Å². The van der Waals surface area contributed by atoms with Crippen molar-refractivity contribution in [3.8, 4) is 160 Å². The third-order valence-corrected chi connectivity index (χ3v) is 26.8. The predicted molar refractivity (Wildman–Crippen MR) is 341 cm³/mol. The summed E-state index contributed by atoms with van der Waals surface area (Å²) in [5.41, 5.74) is 2.13. The van der Waals surface area contributed by atoms with Gasteiger partial charge in [0, 0.05) is 17.6 Å². The van der Waals surface area contributed by atoms with Crippen molar-refractivity contribution < 1.29 is 80.6 Å². The first-order chi connectivity index (χ1) is 42.5. The van der Waals surface area contributed by atoms with Gasteiger partial charge in [-0.05, 0) is 36.0 Å². The monoisotopic (exact) mass is 1350 g/mol. The number of hydrogen-bond donors (Lipinski definition) is 0. The number of ether oxygens (including phenoxy) is 16. The highest BCUT2D eigenvalue weighted by molar-refractivity contribution is 8.13. The van der Waals surface area contributed by atoms with Crippen molar-refractivity contribution >= 4 is 125 Å². The first-order valence-electron chi connectivity index (χ1n) is 27.9. The minimum atomic E-state index is 0.191. The molecule has 0 saturated carbocycles. The van der Waals surface area contributed by atoms with Gasteiger partial charge in [-0.2, -0.15) is 11.8 Å². The first-order valence-corrected chi connectivity index (χ1v) is 36.9. The van der Waals surface area contributed by atoms with E-state index in [0.717, 1.165) is 119 Å². The SMILES string of the molecule is CSCCCSC(=O)CC1=CCC(c2sc(-c3sc(-c4sc(-c5sc(-c6sc(-c7sc(-c8sc(-c9scc%10c9OCCO%10)c9c8OCCO9)c8c7OCCO8)c7c6OCCO7)c6c5OCCO6)c5c4OCCO5)c4c3OCCO4)c3c2OCCO3)=C1. The molecule has 1 aliphatic carbocycles. The molecule has 0 bridgehead atoms. The molecule has 0 radical (unpaired) electrons. The van der Waals surface area contributed by atoms with Crippen LogP contribution >= 0.6 is 114 Å². The van der Waals surface area contributed by atoms with Gasteiger partial charge in [0.25, 0.3) is 0 Å². The van der Waals surface area contributed by atoms with E-state index in [9.17, 15) is 4.79 Å². The van der Waals surface area contributed by atoms with E-state index in [0.29, 0.717) is 193 Å². The quantitative estimate of drug-likeness (QED) is 0.0943. The molecule has 17 rings (SSSR count). The third kappa shape index (κ3) is 9.12. The van der Waals surface area contributed by atoms with Crippen molar-refractivity contribution in [1.29, 1.82) is 0 Å².